The molecule has 2 saturated carbocycles. The Bertz CT molecular complexity index is 643. The highest BCUT2D eigenvalue weighted by molar-refractivity contribution is 5.90. The molecular formula is C13H14N4O4. The van der Waals surface area contributed by atoms with Gasteiger partial charge in [-0.1, -0.05) is 0 Å². The summed E-state index contributed by atoms with van der Waals surface area (Å²) < 4.78 is 0. The van der Waals surface area contributed by atoms with Gasteiger partial charge in [-0.15, -0.1) is 0 Å². The Morgan fingerprint density at radius 2 is 2.05 bits per heavy atom. The maximum atomic E-state index is 11.0. The van der Waals surface area contributed by atoms with Gasteiger partial charge in [0.05, 0.1) is 15.9 Å². The summed E-state index contributed by atoms with van der Waals surface area (Å²) in [7, 11) is 0. The Hall–Kier alpha value is -2.51. The summed E-state index contributed by atoms with van der Waals surface area (Å²) >= 11 is 0. The Balaban J connectivity index is 1.83. The molecule has 1 N–H and O–H groups in total. The molecule has 2 aliphatic carbocycles. The van der Waals surface area contributed by atoms with Crippen LogP contribution < -0.4 is 5.43 Å². The molecule has 1 aromatic carbocycles. The van der Waals surface area contributed by atoms with E-state index in [9.17, 15) is 20.2 Å². The summed E-state index contributed by atoms with van der Waals surface area (Å²) in [6, 6.07) is 3.51. The Morgan fingerprint density at radius 3 is 2.76 bits per heavy atom. The van der Waals surface area contributed by atoms with Gasteiger partial charge in [0.2, 0.25) is 0 Å². The van der Waals surface area contributed by atoms with Crippen LogP contribution in [-0.2, 0) is 0 Å². The van der Waals surface area contributed by atoms with E-state index in [-0.39, 0.29) is 17.1 Å². The maximum Gasteiger partial charge on any atom is 0.301 e. The Morgan fingerprint density at radius 1 is 1.24 bits per heavy atom. The normalized spacial score (nSPS) is 25.2. The van der Waals surface area contributed by atoms with Crippen LogP contribution >= 0.6 is 0 Å². The van der Waals surface area contributed by atoms with Crippen molar-refractivity contribution >= 4 is 22.8 Å². The number of nitrogens with zero attached hydrogens (tertiary/aromatic N) is 3. The third-order valence-electron chi connectivity index (χ3n) is 4.07. The SMILES string of the molecule is O=[N+]([O-])c1ccc(N/N=C2\CCC[C@H]3C[C@@H]23)c([N+](=O)[O-])c1. The van der Waals surface area contributed by atoms with Crippen molar-refractivity contribution in [3.63, 3.8) is 0 Å². The lowest BCUT2D eigenvalue weighted by atomic mass is 9.99. The van der Waals surface area contributed by atoms with Crippen molar-refractivity contribution in [2.24, 2.45) is 16.9 Å². The van der Waals surface area contributed by atoms with Crippen molar-refractivity contribution in [3.05, 3.63) is 38.4 Å². The lowest BCUT2D eigenvalue weighted by Crippen LogP contribution is -2.11. The number of fused-ring (bicyclic) bond motifs is 1. The number of non-ortho nitro benzene ring substituents is 1. The minimum absolute atomic E-state index is 0.181. The molecule has 0 radical (unpaired) electrons. The minimum Gasteiger partial charge on any atom is -0.272 e. The molecule has 2 fully saturated rings. The van der Waals surface area contributed by atoms with Crippen molar-refractivity contribution in [3.8, 4) is 0 Å². The van der Waals surface area contributed by atoms with E-state index in [0.717, 1.165) is 37.0 Å². The molecule has 0 aliphatic heterocycles. The Labute approximate surface area is 120 Å². The van der Waals surface area contributed by atoms with Crippen molar-refractivity contribution < 1.29 is 9.85 Å². The highest BCUT2D eigenvalue weighted by Gasteiger charge is 2.43. The van der Waals surface area contributed by atoms with Crippen LogP contribution in [-0.4, -0.2) is 15.6 Å². The zero-order valence-electron chi connectivity index (χ0n) is 11.2. The highest BCUT2D eigenvalue weighted by Crippen LogP contribution is 2.47. The lowest BCUT2D eigenvalue weighted by Gasteiger charge is -2.12. The van der Waals surface area contributed by atoms with Gasteiger partial charge in [0, 0.05) is 17.7 Å². The summed E-state index contributed by atoms with van der Waals surface area (Å²) in [6.07, 6.45) is 4.41. The predicted molar refractivity (Wildman–Crippen MR) is 76.3 cm³/mol. The largest absolute Gasteiger partial charge is 0.301 e. The molecule has 0 amide bonds. The van der Waals surface area contributed by atoms with Crippen molar-refractivity contribution in [2.45, 2.75) is 25.7 Å². The van der Waals surface area contributed by atoms with Crippen LogP contribution in [0.15, 0.2) is 23.3 Å². The Kier molecular flexibility index (Phi) is 3.28. The number of hydrogen-bond acceptors (Lipinski definition) is 6. The number of hydrazone groups is 1. The van der Waals surface area contributed by atoms with E-state index in [1.165, 1.54) is 18.6 Å². The van der Waals surface area contributed by atoms with Gasteiger partial charge in [-0.25, -0.2) is 0 Å². The van der Waals surface area contributed by atoms with Crippen LogP contribution in [0.1, 0.15) is 25.7 Å². The molecule has 8 heteroatoms. The smallest absolute Gasteiger partial charge is 0.272 e. The number of anilines is 1. The molecule has 110 valence electrons. The van der Waals surface area contributed by atoms with Gasteiger partial charge in [0.25, 0.3) is 5.69 Å². The first kappa shape index (κ1) is 13.5. The molecule has 1 aromatic rings. The van der Waals surface area contributed by atoms with Gasteiger partial charge in [0.15, 0.2) is 0 Å². The molecular weight excluding hydrogens is 276 g/mol. The van der Waals surface area contributed by atoms with E-state index < -0.39 is 9.85 Å². The van der Waals surface area contributed by atoms with Gasteiger partial charge < -0.3 is 0 Å². The third-order valence-corrected chi connectivity index (χ3v) is 4.07. The van der Waals surface area contributed by atoms with Gasteiger partial charge in [-0.3, -0.25) is 25.7 Å². The topological polar surface area (TPSA) is 111 Å². The number of benzene rings is 1. The fraction of sp³-hybridized carbons (Fsp3) is 0.462. The van der Waals surface area contributed by atoms with Gasteiger partial charge in [0.1, 0.15) is 5.69 Å². The summed E-state index contributed by atoms with van der Waals surface area (Å²) in [5.74, 6) is 1.24. The second-order valence-corrected chi connectivity index (χ2v) is 5.43. The van der Waals surface area contributed by atoms with Crippen molar-refractivity contribution in [1.82, 2.24) is 0 Å². The monoisotopic (exact) mass is 290 g/mol. The summed E-state index contributed by atoms with van der Waals surface area (Å²) in [6.45, 7) is 0. The van der Waals surface area contributed by atoms with E-state index in [0.29, 0.717) is 5.92 Å². The van der Waals surface area contributed by atoms with Crippen LogP contribution in [0.5, 0.6) is 0 Å². The van der Waals surface area contributed by atoms with E-state index >= 15 is 0 Å². The van der Waals surface area contributed by atoms with Crippen LogP contribution in [0.2, 0.25) is 0 Å². The molecule has 0 saturated heterocycles. The standard InChI is InChI=1S/C13H14N4O4/c18-16(19)9-4-5-12(13(7-9)17(20)21)15-14-11-3-1-2-8-6-10(8)11/h4-5,7-8,10,15H,1-3,6H2/b14-11+/t8-,10+/m0/s1. The first-order valence-electron chi connectivity index (χ1n) is 6.81. The number of nitrogens with one attached hydrogen (secondary N) is 1. The molecule has 0 aromatic heterocycles. The highest BCUT2D eigenvalue weighted by atomic mass is 16.6. The minimum atomic E-state index is -0.654. The van der Waals surface area contributed by atoms with Crippen LogP contribution in [0, 0.1) is 32.1 Å². The van der Waals surface area contributed by atoms with E-state index in [2.05, 4.69) is 10.5 Å². The second-order valence-electron chi connectivity index (χ2n) is 5.43. The zero-order chi connectivity index (χ0) is 15.0. The second kappa shape index (κ2) is 5.12. The molecule has 2 atom stereocenters. The zero-order valence-corrected chi connectivity index (χ0v) is 11.2. The molecule has 8 nitrogen and oxygen atoms in total. The van der Waals surface area contributed by atoms with Crippen LogP contribution in [0.25, 0.3) is 0 Å². The first-order chi connectivity index (χ1) is 10.1. The molecule has 21 heavy (non-hydrogen) atoms. The molecule has 0 spiro atoms. The molecule has 0 heterocycles. The summed E-state index contributed by atoms with van der Waals surface area (Å²) in [4.78, 5) is 20.4. The van der Waals surface area contributed by atoms with Gasteiger partial charge in [-0.2, -0.15) is 5.10 Å². The van der Waals surface area contributed by atoms with Gasteiger partial charge >= 0.3 is 5.69 Å². The van der Waals surface area contributed by atoms with Crippen molar-refractivity contribution in [2.75, 3.05) is 5.43 Å². The molecule has 2 aliphatic rings. The fourth-order valence-corrected chi connectivity index (χ4v) is 2.86. The van der Waals surface area contributed by atoms with Crippen LogP contribution in [0.3, 0.4) is 0 Å². The quantitative estimate of drug-likeness (QED) is 0.676. The van der Waals surface area contributed by atoms with Crippen LogP contribution in [0.4, 0.5) is 17.1 Å². The maximum absolute atomic E-state index is 11.0. The summed E-state index contributed by atoms with van der Waals surface area (Å²) in [5, 5.41) is 26.0. The van der Waals surface area contributed by atoms with E-state index in [4.69, 9.17) is 0 Å². The lowest BCUT2D eigenvalue weighted by molar-refractivity contribution is -0.393. The molecule has 0 bridgehead atoms. The average molecular weight is 290 g/mol. The number of hydrogen-bond donors (Lipinski definition) is 1. The average Bonchev–Trinajstić information content (AvgIpc) is 3.24. The van der Waals surface area contributed by atoms with Crippen molar-refractivity contribution in [1.29, 1.82) is 0 Å². The first-order valence-corrected chi connectivity index (χ1v) is 6.81. The van der Waals surface area contributed by atoms with E-state index in [1.807, 2.05) is 0 Å². The molecule has 0 unspecified atom stereocenters. The summed E-state index contributed by atoms with van der Waals surface area (Å²) in [5.41, 5.74) is 3.31. The number of nitro benzene ring substituents is 2. The third kappa shape index (κ3) is 2.69. The van der Waals surface area contributed by atoms with Gasteiger partial charge in [-0.05, 0) is 37.7 Å². The molecule has 3 rings (SSSR count). The number of rotatable bonds is 4. The fourth-order valence-electron chi connectivity index (χ4n) is 2.86. The van der Waals surface area contributed by atoms with E-state index in [1.54, 1.807) is 0 Å². The predicted octanol–water partition coefficient (Wildman–Crippen LogP) is 3.09. The number of nitro groups is 2.